The van der Waals surface area contributed by atoms with Crippen molar-refractivity contribution < 1.29 is 24.0 Å². The number of ether oxygens (including phenoxy) is 2. The molecule has 1 N–H and O–H groups in total. The molecular formula is C18H18N2O6. The number of hydrogen-bond acceptors (Lipinski definition) is 7. The zero-order valence-corrected chi connectivity index (χ0v) is 14.6. The summed E-state index contributed by atoms with van der Waals surface area (Å²) in [6.45, 7) is 5.22. The Morgan fingerprint density at radius 1 is 1.42 bits per heavy atom. The van der Waals surface area contributed by atoms with Gasteiger partial charge in [-0.2, -0.15) is 0 Å². The first-order valence-corrected chi connectivity index (χ1v) is 8.13. The topological polar surface area (TPSA) is 108 Å². The van der Waals surface area contributed by atoms with Gasteiger partial charge < -0.3 is 14.8 Å². The highest BCUT2D eigenvalue weighted by Crippen LogP contribution is 2.42. The van der Waals surface area contributed by atoms with Gasteiger partial charge in [0.25, 0.3) is 5.69 Å². The molecular weight excluding hydrogens is 340 g/mol. The van der Waals surface area contributed by atoms with Crippen LogP contribution in [-0.4, -0.2) is 29.6 Å². The predicted molar refractivity (Wildman–Crippen MR) is 90.9 cm³/mol. The van der Waals surface area contributed by atoms with E-state index in [1.807, 2.05) is 0 Å². The minimum Gasteiger partial charge on any atom is -0.460 e. The van der Waals surface area contributed by atoms with Crippen molar-refractivity contribution in [3.63, 3.8) is 0 Å². The number of hydrogen-bond donors (Lipinski definition) is 1. The van der Waals surface area contributed by atoms with Gasteiger partial charge in [0.1, 0.15) is 6.61 Å². The van der Waals surface area contributed by atoms with Crippen LogP contribution in [0.2, 0.25) is 0 Å². The van der Waals surface area contributed by atoms with Crippen LogP contribution in [0.3, 0.4) is 0 Å². The Labute approximate surface area is 149 Å². The Balaban J connectivity index is 2.15. The van der Waals surface area contributed by atoms with E-state index in [9.17, 15) is 19.7 Å². The number of rotatable bonds is 4. The van der Waals surface area contributed by atoms with E-state index in [4.69, 9.17) is 9.47 Å². The maximum absolute atomic E-state index is 12.7. The first kappa shape index (κ1) is 17.7. The van der Waals surface area contributed by atoms with Crippen molar-refractivity contribution in [1.82, 2.24) is 5.32 Å². The molecule has 0 bridgehead atoms. The van der Waals surface area contributed by atoms with Crippen LogP contribution in [0.4, 0.5) is 5.69 Å². The first-order chi connectivity index (χ1) is 12.3. The summed E-state index contributed by atoms with van der Waals surface area (Å²) in [5.74, 6) is -1.91. The van der Waals surface area contributed by atoms with Crippen molar-refractivity contribution in [2.24, 2.45) is 0 Å². The summed E-state index contributed by atoms with van der Waals surface area (Å²) < 4.78 is 10.4. The molecule has 0 saturated heterocycles. The van der Waals surface area contributed by atoms with Crippen molar-refractivity contribution in [3.05, 3.63) is 62.5 Å². The zero-order chi connectivity index (χ0) is 19.0. The Morgan fingerprint density at radius 3 is 2.81 bits per heavy atom. The van der Waals surface area contributed by atoms with Crippen LogP contribution in [-0.2, 0) is 19.1 Å². The molecule has 0 aliphatic carbocycles. The lowest BCUT2D eigenvalue weighted by molar-refractivity contribution is -0.384. The predicted octanol–water partition coefficient (Wildman–Crippen LogP) is 2.32. The fourth-order valence-electron chi connectivity index (χ4n) is 3.17. The lowest BCUT2D eigenvalue weighted by atomic mass is 9.80. The van der Waals surface area contributed by atoms with Crippen molar-refractivity contribution >= 4 is 17.6 Å². The van der Waals surface area contributed by atoms with Crippen LogP contribution in [0.25, 0.3) is 0 Å². The summed E-state index contributed by atoms with van der Waals surface area (Å²) in [7, 11) is 0. The van der Waals surface area contributed by atoms with E-state index in [0.717, 1.165) is 0 Å². The molecule has 0 fully saturated rings. The van der Waals surface area contributed by atoms with Gasteiger partial charge in [-0.15, -0.1) is 0 Å². The van der Waals surface area contributed by atoms with Gasteiger partial charge in [-0.05, 0) is 26.3 Å². The lowest BCUT2D eigenvalue weighted by Crippen LogP contribution is -2.31. The Hall–Kier alpha value is -3.16. The largest absolute Gasteiger partial charge is 0.460 e. The van der Waals surface area contributed by atoms with Crippen LogP contribution in [0.15, 0.2) is 46.8 Å². The summed E-state index contributed by atoms with van der Waals surface area (Å²) >= 11 is 0. The molecule has 1 unspecified atom stereocenters. The third-order valence-electron chi connectivity index (χ3n) is 4.19. The van der Waals surface area contributed by atoms with Crippen molar-refractivity contribution in [2.75, 3.05) is 6.61 Å². The second-order valence-corrected chi connectivity index (χ2v) is 6.37. The number of benzene rings is 1. The van der Waals surface area contributed by atoms with E-state index >= 15 is 0 Å². The standard InChI is InChI=1S/C18H18N2O6/c1-9(2)26-18(22)14-10(3)19-13-8-25-17(21)16(13)15(14)11-5-4-6-12(7-11)20(23)24/h4-7,9,15,19H,8H2,1-3H3. The summed E-state index contributed by atoms with van der Waals surface area (Å²) in [5.41, 5.74) is 1.96. The van der Waals surface area contributed by atoms with E-state index in [2.05, 4.69) is 5.32 Å². The Bertz CT molecular complexity index is 868. The SMILES string of the molecule is CC1=C(C(=O)OC(C)C)C(c2cccc([N+](=O)[O-])c2)C2=C(COC2=O)N1. The molecule has 3 rings (SSSR count). The highest BCUT2D eigenvalue weighted by Gasteiger charge is 2.42. The van der Waals surface area contributed by atoms with Crippen molar-refractivity contribution in [3.8, 4) is 0 Å². The lowest BCUT2D eigenvalue weighted by Gasteiger charge is -2.28. The zero-order valence-electron chi connectivity index (χ0n) is 14.6. The normalized spacial score (nSPS) is 19.2. The fourth-order valence-corrected chi connectivity index (χ4v) is 3.17. The molecule has 136 valence electrons. The van der Waals surface area contributed by atoms with Crippen molar-refractivity contribution in [2.45, 2.75) is 32.8 Å². The van der Waals surface area contributed by atoms with E-state index < -0.39 is 22.8 Å². The summed E-state index contributed by atoms with van der Waals surface area (Å²) in [6.07, 6.45) is -0.348. The summed E-state index contributed by atoms with van der Waals surface area (Å²) in [6, 6.07) is 5.89. The van der Waals surface area contributed by atoms with Crippen LogP contribution < -0.4 is 5.32 Å². The maximum atomic E-state index is 12.7. The maximum Gasteiger partial charge on any atom is 0.337 e. The summed E-state index contributed by atoms with van der Waals surface area (Å²) in [5, 5.41) is 14.2. The molecule has 1 atom stereocenters. The van der Waals surface area contributed by atoms with Crippen LogP contribution >= 0.6 is 0 Å². The molecule has 0 saturated carbocycles. The molecule has 2 heterocycles. The molecule has 8 heteroatoms. The molecule has 2 aliphatic heterocycles. The summed E-state index contributed by atoms with van der Waals surface area (Å²) in [4.78, 5) is 35.6. The third kappa shape index (κ3) is 3.05. The van der Waals surface area contributed by atoms with Gasteiger partial charge >= 0.3 is 11.9 Å². The molecule has 8 nitrogen and oxygen atoms in total. The van der Waals surface area contributed by atoms with Gasteiger partial charge in [-0.1, -0.05) is 12.1 Å². The number of carbonyl (C=O) groups is 2. The van der Waals surface area contributed by atoms with Crippen molar-refractivity contribution in [1.29, 1.82) is 0 Å². The van der Waals surface area contributed by atoms with Gasteiger partial charge in [-0.3, -0.25) is 10.1 Å². The average molecular weight is 358 g/mol. The molecule has 0 amide bonds. The molecule has 26 heavy (non-hydrogen) atoms. The number of dihydropyridines is 1. The fraction of sp³-hybridized carbons (Fsp3) is 0.333. The third-order valence-corrected chi connectivity index (χ3v) is 4.19. The highest BCUT2D eigenvalue weighted by atomic mass is 16.6. The van der Waals surface area contributed by atoms with Gasteiger partial charge in [0.2, 0.25) is 0 Å². The monoisotopic (exact) mass is 358 g/mol. The van der Waals surface area contributed by atoms with E-state index in [0.29, 0.717) is 17.0 Å². The van der Waals surface area contributed by atoms with Gasteiger partial charge in [-0.25, -0.2) is 9.59 Å². The minimum atomic E-state index is -0.785. The number of esters is 2. The number of nitro benzene ring substituents is 1. The quantitative estimate of drug-likeness (QED) is 0.500. The molecule has 0 spiro atoms. The second kappa shape index (κ2) is 6.62. The Kier molecular flexibility index (Phi) is 4.50. The highest BCUT2D eigenvalue weighted by molar-refractivity contribution is 6.01. The number of nitrogens with one attached hydrogen (secondary N) is 1. The van der Waals surface area contributed by atoms with Gasteiger partial charge in [0.05, 0.1) is 33.8 Å². The number of nitrogens with zero attached hydrogens (tertiary/aromatic N) is 1. The van der Waals surface area contributed by atoms with E-state index in [1.165, 1.54) is 18.2 Å². The van der Waals surface area contributed by atoms with Gasteiger partial charge in [0, 0.05) is 17.8 Å². The average Bonchev–Trinajstić information content (AvgIpc) is 2.93. The minimum absolute atomic E-state index is 0.0729. The smallest absolute Gasteiger partial charge is 0.337 e. The van der Waals surface area contributed by atoms with Crippen LogP contribution in [0.5, 0.6) is 0 Å². The molecule has 2 aliphatic rings. The van der Waals surface area contributed by atoms with Crippen LogP contribution in [0, 0.1) is 10.1 Å². The number of cyclic esters (lactones) is 1. The Morgan fingerprint density at radius 2 is 2.15 bits per heavy atom. The van der Waals surface area contributed by atoms with E-state index in [-0.39, 0.29) is 29.5 Å². The van der Waals surface area contributed by atoms with Gasteiger partial charge in [0.15, 0.2) is 0 Å². The molecule has 1 aromatic rings. The number of non-ortho nitro benzene ring substituents is 1. The number of allylic oxidation sites excluding steroid dienone is 1. The van der Waals surface area contributed by atoms with E-state index in [1.54, 1.807) is 26.8 Å². The molecule has 0 aromatic heterocycles. The second-order valence-electron chi connectivity index (χ2n) is 6.37. The molecule has 0 radical (unpaired) electrons. The number of carbonyl (C=O) groups excluding carboxylic acids is 2. The van der Waals surface area contributed by atoms with Crippen LogP contribution in [0.1, 0.15) is 32.3 Å². The number of nitro groups is 1. The first-order valence-electron chi connectivity index (χ1n) is 8.13. The molecule has 1 aromatic carbocycles.